The molecule has 112 valence electrons. The largest absolute Gasteiger partial charge is 0.350 e. The number of amides is 1. The van der Waals surface area contributed by atoms with Crippen LogP contribution in [0.5, 0.6) is 0 Å². The second-order valence-electron chi connectivity index (χ2n) is 5.68. The molecule has 21 heavy (non-hydrogen) atoms. The van der Waals surface area contributed by atoms with Crippen molar-refractivity contribution in [2.75, 3.05) is 6.54 Å². The maximum absolute atomic E-state index is 12.0. The minimum Gasteiger partial charge on any atom is -0.350 e. The minimum atomic E-state index is -0.416. The number of hydrogen-bond acceptors (Lipinski definition) is 4. The number of rotatable bonds is 5. The van der Waals surface area contributed by atoms with E-state index in [9.17, 15) is 4.79 Å². The van der Waals surface area contributed by atoms with Gasteiger partial charge in [-0.25, -0.2) is 4.68 Å². The van der Waals surface area contributed by atoms with E-state index in [0.29, 0.717) is 12.2 Å². The monoisotopic (exact) mass is 287 g/mol. The molecule has 0 aliphatic rings. The molecule has 0 radical (unpaired) electrons. The highest BCUT2D eigenvalue weighted by Gasteiger charge is 2.20. The standard InChI is InChI=1S/C15H21N5O/c1-11-13(9-14(21)17-15(2,3)10-16)18-19-20(11)12-7-5-4-6-8-12/h4-8H,9-10,16H2,1-3H3,(H,17,21). The van der Waals surface area contributed by atoms with Crippen LogP contribution in [0.2, 0.25) is 0 Å². The van der Waals surface area contributed by atoms with Gasteiger partial charge in [-0.3, -0.25) is 4.79 Å². The number of carbonyl (C=O) groups is 1. The van der Waals surface area contributed by atoms with E-state index < -0.39 is 5.54 Å². The first-order valence-corrected chi connectivity index (χ1v) is 6.90. The van der Waals surface area contributed by atoms with Gasteiger partial charge in [0.1, 0.15) is 0 Å². The molecule has 0 saturated heterocycles. The van der Waals surface area contributed by atoms with Crippen molar-refractivity contribution in [2.45, 2.75) is 32.7 Å². The number of hydrogen-bond donors (Lipinski definition) is 2. The molecular weight excluding hydrogens is 266 g/mol. The third kappa shape index (κ3) is 3.66. The van der Waals surface area contributed by atoms with Gasteiger partial charge >= 0.3 is 0 Å². The lowest BCUT2D eigenvalue weighted by atomic mass is 10.1. The van der Waals surface area contributed by atoms with Gasteiger partial charge in [-0.15, -0.1) is 5.10 Å². The van der Waals surface area contributed by atoms with E-state index in [-0.39, 0.29) is 12.3 Å². The van der Waals surface area contributed by atoms with Gasteiger partial charge in [-0.2, -0.15) is 0 Å². The highest BCUT2D eigenvalue weighted by molar-refractivity contribution is 5.79. The minimum absolute atomic E-state index is 0.103. The van der Waals surface area contributed by atoms with Crippen LogP contribution in [0.4, 0.5) is 0 Å². The smallest absolute Gasteiger partial charge is 0.226 e. The van der Waals surface area contributed by atoms with Gasteiger partial charge in [0.2, 0.25) is 5.91 Å². The maximum atomic E-state index is 12.0. The van der Waals surface area contributed by atoms with Gasteiger partial charge in [0.05, 0.1) is 23.5 Å². The summed E-state index contributed by atoms with van der Waals surface area (Å²) in [4.78, 5) is 12.0. The summed E-state index contributed by atoms with van der Waals surface area (Å²) in [5, 5.41) is 11.1. The van der Waals surface area contributed by atoms with Crippen molar-refractivity contribution in [3.8, 4) is 5.69 Å². The summed E-state index contributed by atoms with van der Waals surface area (Å²) in [5.41, 5.74) is 7.66. The zero-order chi connectivity index (χ0) is 15.5. The average molecular weight is 287 g/mol. The second kappa shape index (κ2) is 6.05. The molecule has 0 aliphatic carbocycles. The van der Waals surface area contributed by atoms with Crippen LogP contribution in [0.25, 0.3) is 5.69 Å². The number of nitrogens with zero attached hydrogens (tertiary/aromatic N) is 3. The van der Waals surface area contributed by atoms with Crippen LogP contribution in [0.3, 0.4) is 0 Å². The molecular formula is C15H21N5O. The molecule has 0 atom stereocenters. The van der Waals surface area contributed by atoms with E-state index in [2.05, 4.69) is 15.6 Å². The quantitative estimate of drug-likeness (QED) is 0.858. The Labute approximate surface area is 124 Å². The van der Waals surface area contributed by atoms with E-state index in [4.69, 9.17) is 5.73 Å². The molecule has 1 aromatic heterocycles. The van der Waals surface area contributed by atoms with Crippen LogP contribution in [0.15, 0.2) is 30.3 Å². The lowest BCUT2D eigenvalue weighted by Crippen LogP contribution is -2.49. The van der Waals surface area contributed by atoms with E-state index in [1.807, 2.05) is 51.1 Å². The number of aromatic nitrogens is 3. The Morgan fingerprint density at radius 2 is 2.00 bits per heavy atom. The fraction of sp³-hybridized carbons (Fsp3) is 0.400. The number of nitrogens with one attached hydrogen (secondary N) is 1. The molecule has 6 heteroatoms. The van der Waals surface area contributed by atoms with Gasteiger partial charge in [0, 0.05) is 12.1 Å². The van der Waals surface area contributed by atoms with Crippen LogP contribution < -0.4 is 11.1 Å². The molecule has 0 aliphatic heterocycles. The molecule has 3 N–H and O–H groups in total. The normalized spacial score (nSPS) is 11.4. The fourth-order valence-electron chi connectivity index (χ4n) is 1.96. The SMILES string of the molecule is Cc1c(CC(=O)NC(C)(C)CN)nnn1-c1ccccc1. The third-order valence-electron chi connectivity index (χ3n) is 3.31. The fourth-order valence-corrected chi connectivity index (χ4v) is 1.96. The van der Waals surface area contributed by atoms with Crippen LogP contribution in [0.1, 0.15) is 25.2 Å². The van der Waals surface area contributed by atoms with Crippen LogP contribution in [-0.2, 0) is 11.2 Å². The van der Waals surface area contributed by atoms with Crippen LogP contribution >= 0.6 is 0 Å². The van der Waals surface area contributed by atoms with Gasteiger partial charge < -0.3 is 11.1 Å². The Kier molecular flexibility index (Phi) is 4.37. The van der Waals surface area contributed by atoms with E-state index in [0.717, 1.165) is 11.4 Å². The molecule has 1 heterocycles. The number of carbonyl (C=O) groups excluding carboxylic acids is 1. The molecule has 1 amide bonds. The van der Waals surface area contributed by atoms with Crippen molar-refractivity contribution in [3.63, 3.8) is 0 Å². The Hall–Kier alpha value is -2.21. The van der Waals surface area contributed by atoms with Crippen molar-refractivity contribution in [2.24, 2.45) is 5.73 Å². The molecule has 6 nitrogen and oxygen atoms in total. The van der Waals surface area contributed by atoms with Crippen molar-refractivity contribution in [3.05, 3.63) is 41.7 Å². The highest BCUT2D eigenvalue weighted by atomic mass is 16.1. The van der Waals surface area contributed by atoms with Crippen LogP contribution in [0, 0.1) is 6.92 Å². The van der Waals surface area contributed by atoms with Gasteiger partial charge in [0.15, 0.2) is 0 Å². The Bertz CT molecular complexity index is 618. The van der Waals surface area contributed by atoms with Crippen LogP contribution in [-0.4, -0.2) is 33.0 Å². The summed E-state index contributed by atoms with van der Waals surface area (Å²) in [6, 6.07) is 9.71. The Morgan fingerprint density at radius 3 is 2.62 bits per heavy atom. The average Bonchev–Trinajstić information content (AvgIpc) is 2.80. The first kappa shape index (κ1) is 15.2. The zero-order valence-electron chi connectivity index (χ0n) is 12.6. The lowest BCUT2D eigenvalue weighted by Gasteiger charge is -2.23. The highest BCUT2D eigenvalue weighted by Crippen LogP contribution is 2.12. The Balaban J connectivity index is 2.13. The van der Waals surface area contributed by atoms with E-state index in [1.54, 1.807) is 4.68 Å². The molecule has 0 bridgehead atoms. The molecule has 2 aromatic rings. The summed E-state index contributed by atoms with van der Waals surface area (Å²) in [5.74, 6) is -0.103. The van der Waals surface area contributed by atoms with Crippen molar-refractivity contribution >= 4 is 5.91 Å². The second-order valence-corrected chi connectivity index (χ2v) is 5.68. The summed E-state index contributed by atoms with van der Waals surface area (Å²) in [6.45, 7) is 6.06. The lowest BCUT2D eigenvalue weighted by molar-refractivity contribution is -0.122. The Morgan fingerprint density at radius 1 is 1.33 bits per heavy atom. The van der Waals surface area contributed by atoms with E-state index >= 15 is 0 Å². The maximum Gasteiger partial charge on any atom is 0.226 e. The number of para-hydroxylation sites is 1. The van der Waals surface area contributed by atoms with Gasteiger partial charge in [-0.1, -0.05) is 23.4 Å². The van der Waals surface area contributed by atoms with Crippen molar-refractivity contribution in [1.29, 1.82) is 0 Å². The predicted molar refractivity (Wildman–Crippen MR) is 81.1 cm³/mol. The molecule has 0 fully saturated rings. The number of nitrogens with two attached hydrogens (primary N) is 1. The summed E-state index contributed by atoms with van der Waals surface area (Å²) in [6.07, 6.45) is 0.197. The predicted octanol–water partition coefficient (Wildman–Crippen LogP) is 0.972. The summed E-state index contributed by atoms with van der Waals surface area (Å²) in [7, 11) is 0. The van der Waals surface area contributed by atoms with Gasteiger partial charge in [0.25, 0.3) is 0 Å². The topological polar surface area (TPSA) is 85.8 Å². The first-order chi connectivity index (χ1) is 9.93. The molecule has 1 aromatic carbocycles. The van der Waals surface area contributed by atoms with Crippen molar-refractivity contribution in [1.82, 2.24) is 20.3 Å². The summed E-state index contributed by atoms with van der Waals surface area (Å²) < 4.78 is 1.73. The zero-order valence-corrected chi connectivity index (χ0v) is 12.6. The third-order valence-corrected chi connectivity index (χ3v) is 3.31. The molecule has 2 rings (SSSR count). The van der Waals surface area contributed by atoms with E-state index in [1.165, 1.54) is 0 Å². The first-order valence-electron chi connectivity index (χ1n) is 6.90. The molecule has 0 saturated carbocycles. The summed E-state index contributed by atoms with van der Waals surface area (Å²) >= 11 is 0. The molecule has 0 spiro atoms. The van der Waals surface area contributed by atoms with Gasteiger partial charge in [-0.05, 0) is 32.9 Å². The van der Waals surface area contributed by atoms with Crippen molar-refractivity contribution < 1.29 is 4.79 Å². The number of benzene rings is 1. The molecule has 0 unspecified atom stereocenters.